The SMILES string of the molecule is [C-]#[N+]c1ccc(C2OC(N)=C(OS(=O)(=O)Cc3ccccc3)C2=O)cc1. The smallest absolute Gasteiger partial charge is 0.313 e. The number of hydrogen-bond acceptors (Lipinski definition) is 6. The first-order chi connectivity index (χ1) is 12.4. The average Bonchev–Trinajstić information content (AvgIpc) is 2.90. The Kier molecular flexibility index (Phi) is 4.65. The second-order valence-corrected chi connectivity index (χ2v) is 7.10. The van der Waals surface area contributed by atoms with E-state index in [-0.39, 0.29) is 5.88 Å². The van der Waals surface area contributed by atoms with E-state index in [1.807, 2.05) is 0 Å². The van der Waals surface area contributed by atoms with E-state index >= 15 is 0 Å². The molecule has 0 aliphatic carbocycles. The van der Waals surface area contributed by atoms with Gasteiger partial charge < -0.3 is 14.7 Å². The van der Waals surface area contributed by atoms with Crippen LogP contribution in [0.25, 0.3) is 4.85 Å². The summed E-state index contributed by atoms with van der Waals surface area (Å²) >= 11 is 0. The molecule has 1 heterocycles. The van der Waals surface area contributed by atoms with Gasteiger partial charge in [0.2, 0.25) is 17.4 Å². The van der Waals surface area contributed by atoms with Gasteiger partial charge in [0.1, 0.15) is 5.75 Å². The molecule has 2 aromatic rings. The molecular weight excluding hydrogens is 356 g/mol. The Morgan fingerprint density at radius 2 is 1.77 bits per heavy atom. The minimum atomic E-state index is -4.08. The van der Waals surface area contributed by atoms with Crippen LogP contribution in [0.5, 0.6) is 0 Å². The van der Waals surface area contributed by atoms with Gasteiger partial charge in [-0.1, -0.05) is 54.6 Å². The Balaban J connectivity index is 1.77. The van der Waals surface area contributed by atoms with Crippen LogP contribution >= 0.6 is 0 Å². The van der Waals surface area contributed by atoms with Crippen LogP contribution in [-0.4, -0.2) is 14.2 Å². The summed E-state index contributed by atoms with van der Waals surface area (Å²) in [5.74, 6) is -2.00. The van der Waals surface area contributed by atoms with Crippen molar-refractivity contribution in [1.29, 1.82) is 0 Å². The summed E-state index contributed by atoms with van der Waals surface area (Å²) in [6.07, 6.45) is -1.10. The molecule has 8 heteroatoms. The maximum Gasteiger partial charge on any atom is 0.313 e. The van der Waals surface area contributed by atoms with Crippen molar-refractivity contribution in [2.45, 2.75) is 11.9 Å². The monoisotopic (exact) mass is 370 g/mol. The van der Waals surface area contributed by atoms with Crippen molar-refractivity contribution in [1.82, 2.24) is 0 Å². The van der Waals surface area contributed by atoms with E-state index in [4.69, 9.17) is 21.2 Å². The van der Waals surface area contributed by atoms with Gasteiger partial charge in [-0.25, -0.2) is 4.85 Å². The zero-order valence-electron chi connectivity index (χ0n) is 13.5. The van der Waals surface area contributed by atoms with Gasteiger partial charge in [-0.05, 0) is 11.1 Å². The first-order valence-electron chi connectivity index (χ1n) is 7.54. The Hall–Kier alpha value is -3.31. The van der Waals surface area contributed by atoms with Crippen molar-refractivity contribution in [3.8, 4) is 0 Å². The molecule has 0 aromatic heterocycles. The number of nitrogens with two attached hydrogens (primary N) is 1. The molecule has 3 rings (SSSR count). The molecular formula is C18H14N2O5S. The molecule has 1 unspecified atom stereocenters. The Morgan fingerprint density at radius 3 is 2.38 bits per heavy atom. The number of rotatable bonds is 5. The molecule has 2 N–H and O–H groups in total. The van der Waals surface area contributed by atoms with Crippen LogP contribution < -0.4 is 5.73 Å². The molecule has 1 atom stereocenters. The molecule has 0 saturated carbocycles. The fraction of sp³-hybridized carbons (Fsp3) is 0.111. The number of carbonyl (C=O) groups excluding carboxylic acids is 1. The molecule has 0 saturated heterocycles. The van der Waals surface area contributed by atoms with Crippen molar-refractivity contribution in [3.05, 3.63) is 88.8 Å². The molecule has 0 radical (unpaired) electrons. The van der Waals surface area contributed by atoms with E-state index in [1.54, 1.807) is 42.5 Å². The Labute approximate surface area is 150 Å². The molecule has 0 bridgehead atoms. The third-order valence-electron chi connectivity index (χ3n) is 3.65. The molecule has 0 fully saturated rings. The van der Waals surface area contributed by atoms with E-state index in [1.165, 1.54) is 12.1 Å². The lowest BCUT2D eigenvalue weighted by Gasteiger charge is -2.10. The summed E-state index contributed by atoms with van der Waals surface area (Å²) in [5, 5.41) is 0. The second-order valence-electron chi connectivity index (χ2n) is 5.53. The number of benzene rings is 2. The van der Waals surface area contributed by atoms with Crippen molar-refractivity contribution in [2.24, 2.45) is 5.73 Å². The quantitative estimate of drug-likeness (QED) is 0.641. The van der Waals surface area contributed by atoms with Gasteiger partial charge in [-0.15, -0.1) is 0 Å². The molecule has 26 heavy (non-hydrogen) atoms. The predicted octanol–water partition coefficient (Wildman–Crippen LogP) is 2.55. The standard InChI is InChI=1S/C18H14N2O5S/c1-20-14-9-7-13(8-10-14)16-15(21)17(18(19)24-16)25-26(22,23)11-12-5-3-2-4-6-12/h2-10,16H,11,19H2. The highest BCUT2D eigenvalue weighted by molar-refractivity contribution is 7.86. The van der Waals surface area contributed by atoms with Crippen LogP contribution in [-0.2, 0) is 29.6 Å². The van der Waals surface area contributed by atoms with Gasteiger partial charge in [-0.2, -0.15) is 8.42 Å². The van der Waals surface area contributed by atoms with Gasteiger partial charge >= 0.3 is 10.1 Å². The number of hydrogen-bond donors (Lipinski definition) is 1. The van der Waals surface area contributed by atoms with Crippen LogP contribution in [0.15, 0.2) is 66.2 Å². The summed E-state index contributed by atoms with van der Waals surface area (Å²) in [6, 6.07) is 14.6. The summed E-state index contributed by atoms with van der Waals surface area (Å²) in [6.45, 7) is 6.93. The fourth-order valence-electron chi connectivity index (χ4n) is 2.43. The highest BCUT2D eigenvalue weighted by Crippen LogP contribution is 2.33. The van der Waals surface area contributed by atoms with Crippen molar-refractivity contribution in [3.63, 3.8) is 0 Å². The van der Waals surface area contributed by atoms with Crippen LogP contribution in [0.4, 0.5) is 5.69 Å². The molecule has 2 aromatic carbocycles. The highest BCUT2D eigenvalue weighted by Gasteiger charge is 2.39. The normalized spacial score (nSPS) is 16.9. The third kappa shape index (κ3) is 3.68. The van der Waals surface area contributed by atoms with Crippen LogP contribution in [0.2, 0.25) is 0 Å². The molecule has 7 nitrogen and oxygen atoms in total. The lowest BCUT2D eigenvalue weighted by Crippen LogP contribution is -2.16. The van der Waals surface area contributed by atoms with Crippen LogP contribution in [0.3, 0.4) is 0 Å². The fourth-order valence-corrected chi connectivity index (χ4v) is 3.51. The minimum Gasteiger partial charge on any atom is -0.460 e. The molecule has 1 aliphatic heterocycles. The maximum absolute atomic E-state index is 12.5. The van der Waals surface area contributed by atoms with E-state index < -0.39 is 33.5 Å². The van der Waals surface area contributed by atoms with E-state index in [9.17, 15) is 13.2 Å². The topological polar surface area (TPSA) is 100 Å². The second kappa shape index (κ2) is 6.90. The first kappa shape index (κ1) is 17.5. The summed E-state index contributed by atoms with van der Waals surface area (Å²) in [5.41, 5.74) is 7.02. The van der Waals surface area contributed by atoms with Gasteiger partial charge in [0.25, 0.3) is 0 Å². The summed E-state index contributed by atoms with van der Waals surface area (Å²) in [7, 11) is -4.08. The predicted molar refractivity (Wildman–Crippen MR) is 92.9 cm³/mol. The number of carbonyl (C=O) groups is 1. The molecule has 1 aliphatic rings. The van der Waals surface area contributed by atoms with Crippen molar-refractivity contribution in [2.75, 3.05) is 0 Å². The average molecular weight is 370 g/mol. The molecule has 0 amide bonds. The van der Waals surface area contributed by atoms with Crippen LogP contribution in [0, 0.1) is 6.57 Å². The number of nitrogens with zero attached hydrogens (tertiary/aromatic N) is 1. The highest BCUT2D eigenvalue weighted by atomic mass is 32.2. The Bertz CT molecular complexity index is 1010. The number of ether oxygens (including phenoxy) is 1. The molecule has 0 spiro atoms. The van der Waals surface area contributed by atoms with Gasteiger partial charge in [0, 0.05) is 0 Å². The largest absolute Gasteiger partial charge is 0.460 e. The zero-order valence-corrected chi connectivity index (χ0v) is 14.3. The lowest BCUT2D eigenvalue weighted by molar-refractivity contribution is -0.123. The molecule has 132 valence electrons. The minimum absolute atomic E-state index is 0.383. The summed E-state index contributed by atoms with van der Waals surface area (Å²) < 4.78 is 34.7. The van der Waals surface area contributed by atoms with Crippen molar-refractivity contribution >= 4 is 21.6 Å². The van der Waals surface area contributed by atoms with Gasteiger partial charge in [-0.3, -0.25) is 4.79 Å². The van der Waals surface area contributed by atoms with Crippen molar-refractivity contribution < 1.29 is 22.1 Å². The number of Topliss-reactive ketones (excluding diaryl/α,β-unsaturated/α-hetero) is 1. The van der Waals surface area contributed by atoms with E-state index in [2.05, 4.69) is 4.85 Å². The summed E-state index contributed by atoms with van der Waals surface area (Å²) in [4.78, 5) is 15.7. The Morgan fingerprint density at radius 1 is 1.12 bits per heavy atom. The first-order valence-corrected chi connectivity index (χ1v) is 9.11. The number of ketones is 1. The van der Waals surface area contributed by atoms with Gasteiger partial charge in [0.15, 0.2) is 11.8 Å². The zero-order chi connectivity index (χ0) is 18.7. The van der Waals surface area contributed by atoms with E-state index in [0.29, 0.717) is 16.8 Å². The van der Waals surface area contributed by atoms with Crippen LogP contribution in [0.1, 0.15) is 17.2 Å². The maximum atomic E-state index is 12.5. The third-order valence-corrected chi connectivity index (χ3v) is 4.76. The van der Waals surface area contributed by atoms with Gasteiger partial charge in [0.05, 0.1) is 6.57 Å². The van der Waals surface area contributed by atoms with E-state index in [0.717, 1.165) is 0 Å². The lowest BCUT2D eigenvalue weighted by atomic mass is 10.1.